The third-order valence-corrected chi connectivity index (χ3v) is 11.4. The number of amides is 6. The molecule has 4 aliphatic heterocycles. The van der Waals surface area contributed by atoms with Gasteiger partial charge in [0, 0.05) is 48.7 Å². The van der Waals surface area contributed by atoms with Crippen LogP contribution in [0.25, 0.3) is 0 Å². The molecule has 21 atom stereocenters. The van der Waals surface area contributed by atoms with Gasteiger partial charge in [0.15, 0.2) is 43.5 Å². The van der Waals surface area contributed by atoms with Crippen LogP contribution in [0.1, 0.15) is 41.5 Å². The number of aliphatic carboxylic acids is 3. The zero-order valence-electron chi connectivity index (χ0n) is 39.7. The fraction of sp³-hybridized carbons (Fsp3) is 0.775. The predicted molar refractivity (Wildman–Crippen MR) is 227 cm³/mol. The topological polar surface area (TPSA) is 471 Å². The molecule has 6 amide bonds. The molecule has 4 saturated heterocycles. The van der Waals surface area contributed by atoms with Crippen LogP contribution in [0.5, 0.6) is 0 Å². The number of carboxylic acid groups (broad SMARTS) is 3. The Morgan fingerprint density at radius 2 is 0.847 bits per heavy atom. The molecule has 4 fully saturated rings. The standard InChI is InChI=1S/C40H62N6O26/c1-11(48)41-19-22(44-14(4)51)39(70-31(26(19)56)34(58)59)68-28-20(42-12(2)49)24(46-16(6)53)38(72-32(28)35(60)61)66-10-18-25(55)30(64-7)27(57)40(67-18)69-29-21(43-13(3)50)23(45-15(5)52)37(65-9-17(54)8-47)71-33(29)36(62)63/h17-33,37-40,47,54-57H,8-10H2,1-7H3,(H,41,48)(H,42,49)(H,43,50)(H,44,51)(H,45,52)(H,46,53)(H,58,59)(H,60,61)(H,62,63)/t17?,18-,19-,20-,21-,22+,23+,24+,25-,26+,27-,28+,29+,30+,31+,32+,33+,37-,38-,39-,40-/m1/s1. The lowest BCUT2D eigenvalue weighted by Crippen LogP contribution is -2.74. The molecule has 32 nitrogen and oxygen atoms in total. The maximum absolute atomic E-state index is 13.0. The number of hydrogen-bond acceptors (Lipinski definition) is 23. The van der Waals surface area contributed by atoms with Crippen molar-refractivity contribution in [1.29, 1.82) is 0 Å². The summed E-state index contributed by atoms with van der Waals surface area (Å²) in [6.07, 6.45) is -29.0. The fourth-order valence-electron chi connectivity index (χ4n) is 8.52. The summed E-state index contributed by atoms with van der Waals surface area (Å²) < 4.78 is 51.8. The Balaban J connectivity index is 1.72. The normalized spacial score (nSPS) is 37.2. The van der Waals surface area contributed by atoms with Crippen LogP contribution in [-0.4, -0.2) is 250 Å². The first-order valence-corrected chi connectivity index (χ1v) is 22.0. The third-order valence-electron chi connectivity index (χ3n) is 11.4. The number of methoxy groups -OCH3 is 1. The first kappa shape index (κ1) is 59.2. The van der Waals surface area contributed by atoms with E-state index in [0.717, 1.165) is 48.7 Å². The zero-order valence-corrected chi connectivity index (χ0v) is 39.7. The first-order valence-electron chi connectivity index (χ1n) is 22.0. The van der Waals surface area contributed by atoms with Crippen molar-refractivity contribution >= 4 is 53.4 Å². The van der Waals surface area contributed by atoms with Gasteiger partial charge in [-0.25, -0.2) is 14.4 Å². The smallest absolute Gasteiger partial charge is 0.335 e. The van der Waals surface area contributed by atoms with Crippen LogP contribution in [0.2, 0.25) is 0 Å². The molecule has 408 valence electrons. The summed E-state index contributed by atoms with van der Waals surface area (Å²) >= 11 is 0. The summed E-state index contributed by atoms with van der Waals surface area (Å²) in [5.74, 6) is -10.2. The lowest BCUT2D eigenvalue weighted by atomic mass is 9.91. The van der Waals surface area contributed by atoms with Gasteiger partial charge in [-0.1, -0.05) is 0 Å². The number of nitrogens with one attached hydrogen (secondary N) is 6. The molecular weight excluding hydrogens is 980 g/mol. The van der Waals surface area contributed by atoms with Gasteiger partial charge in [-0.3, -0.25) is 28.8 Å². The number of aliphatic hydroxyl groups is 5. The monoisotopic (exact) mass is 1040 g/mol. The zero-order chi connectivity index (χ0) is 54.0. The minimum Gasteiger partial charge on any atom is -0.479 e. The highest BCUT2D eigenvalue weighted by molar-refractivity contribution is 5.79. The number of carboxylic acids is 3. The van der Waals surface area contributed by atoms with Crippen molar-refractivity contribution in [2.24, 2.45) is 0 Å². The molecule has 4 aliphatic rings. The van der Waals surface area contributed by atoms with Crippen molar-refractivity contribution in [2.75, 3.05) is 26.9 Å². The molecular formula is C40H62N6O26. The Hall–Kier alpha value is -5.33. The molecule has 14 N–H and O–H groups in total. The highest BCUT2D eigenvalue weighted by Crippen LogP contribution is 2.34. The molecule has 0 saturated carbocycles. The number of carbonyl (C=O) groups excluding carboxylic acids is 6. The van der Waals surface area contributed by atoms with Crippen LogP contribution in [0.15, 0.2) is 0 Å². The van der Waals surface area contributed by atoms with E-state index >= 15 is 0 Å². The maximum atomic E-state index is 13.0. The van der Waals surface area contributed by atoms with E-state index in [1.807, 2.05) is 0 Å². The van der Waals surface area contributed by atoms with E-state index < -0.39 is 202 Å². The van der Waals surface area contributed by atoms with Crippen molar-refractivity contribution in [3.8, 4) is 0 Å². The van der Waals surface area contributed by atoms with Crippen molar-refractivity contribution in [2.45, 2.75) is 170 Å². The molecule has 4 rings (SSSR count). The molecule has 1 unspecified atom stereocenters. The minimum atomic E-state index is -2.27. The van der Waals surface area contributed by atoms with E-state index in [1.54, 1.807) is 0 Å². The van der Waals surface area contributed by atoms with Crippen LogP contribution < -0.4 is 31.9 Å². The van der Waals surface area contributed by atoms with Gasteiger partial charge in [-0.2, -0.15) is 0 Å². The Bertz CT molecular complexity index is 1970. The SMILES string of the molecule is CO[C@@H]1[C@@H](O)[C@@H](O[C@H]2[C@H](NC(C)=O)[C@H](NC(C)=O)[C@H](OCC(O)CO)O[C@@H]2C(=O)O)O[C@H](CO[C@@H]2O[C@H](C(=O)O)[C@@H](O[C@@H]3O[C@H](C(=O)O)[C@@H](O)[C@H](NC(C)=O)[C@@H]3NC(C)=O)[C@H](NC(C)=O)[C@@H]2NC(C)=O)[C@H]1O. The molecule has 0 spiro atoms. The largest absolute Gasteiger partial charge is 0.479 e. The number of aliphatic hydroxyl groups excluding tert-OH is 5. The Kier molecular flexibility index (Phi) is 21.4. The van der Waals surface area contributed by atoms with Gasteiger partial charge in [-0.05, 0) is 0 Å². The van der Waals surface area contributed by atoms with Crippen molar-refractivity contribution in [1.82, 2.24) is 31.9 Å². The van der Waals surface area contributed by atoms with Crippen LogP contribution in [-0.2, 0) is 85.8 Å². The highest BCUT2D eigenvalue weighted by Gasteiger charge is 2.58. The summed E-state index contributed by atoms with van der Waals surface area (Å²) in [6, 6.07) is -9.83. The molecule has 0 aromatic rings. The Labute approximate surface area is 408 Å². The first-order chi connectivity index (χ1) is 33.7. The molecule has 32 heteroatoms. The third kappa shape index (κ3) is 14.9. The predicted octanol–water partition coefficient (Wildman–Crippen LogP) is -8.58. The van der Waals surface area contributed by atoms with Crippen LogP contribution in [0.3, 0.4) is 0 Å². The average Bonchev–Trinajstić information content (AvgIpc) is 3.27. The number of carbonyl (C=O) groups is 9. The summed E-state index contributed by atoms with van der Waals surface area (Å²) in [7, 11) is 1.05. The molecule has 0 aromatic heterocycles. The van der Waals surface area contributed by atoms with Gasteiger partial charge in [0.2, 0.25) is 35.4 Å². The molecule has 0 aromatic carbocycles. The van der Waals surface area contributed by atoms with E-state index in [-0.39, 0.29) is 0 Å². The van der Waals surface area contributed by atoms with Gasteiger partial charge in [0.05, 0.1) is 37.9 Å². The Morgan fingerprint density at radius 1 is 0.472 bits per heavy atom. The van der Waals surface area contributed by atoms with E-state index in [2.05, 4.69) is 31.9 Å². The van der Waals surface area contributed by atoms with Crippen molar-refractivity contribution in [3.05, 3.63) is 0 Å². The lowest BCUT2D eigenvalue weighted by Gasteiger charge is -2.50. The van der Waals surface area contributed by atoms with Gasteiger partial charge < -0.3 is 115 Å². The summed E-state index contributed by atoms with van der Waals surface area (Å²) in [4.78, 5) is 113. The van der Waals surface area contributed by atoms with Gasteiger partial charge in [0.1, 0.15) is 67.0 Å². The second-order valence-corrected chi connectivity index (χ2v) is 17.1. The number of ether oxygens (including phenoxy) is 9. The van der Waals surface area contributed by atoms with Crippen molar-refractivity contribution in [3.63, 3.8) is 0 Å². The molecule has 0 radical (unpaired) electrons. The lowest BCUT2D eigenvalue weighted by molar-refractivity contribution is -0.345. The van der Waals surface area contributed by atoms with Crippen molar-refractivity contribution < 1.29 is 127 Å². The second kappa shape index (κ2) is 26.1. The second-order valence-electron chi connectivity index (χ2n) is 17.1. The summed E-state index contributed by atoms with van der Waals surface area (Å²) in [5, 5.41) is 98.3. The van der Waals surface area contributed by atoms with E-state index in [9.17, 15) is 84.0 Å². The fourth-order valence-corrected chi connectivity index (χ4v) is 8.52. The summed E-state index contributed by atoms with van der Waals surface area (Å²) in [5.41, 5.74) is 0. The van der Waals surface area contributed by atoms with Crippen LogP contribution in [0.4, 0.5) is 0 Å². The van der Waals surface area contributed by atoms with Crippen LogP contribution in [0, 0.1) is 0 Å². The average molecular weight is 1040 g/mol. The Morgan fingerprint density at radius 3 is 1.25 bits per heavy atom. The molecule has 0 aliphatic carbocycles. The molecule has 72 heavy (non-hydrogen) atoms. The van der Waals surface area contributed by atoms with Gasteiger partial charge in [-0.15, -0.1) is 0 Å². The van der Waals surface area contributed by atoms with E-state index in [0.29, 0.717) is 0 Å². The van der Waals surface area contributed by atoms with E-state index in [4.69, 9.17) is 42.6 Å². The van der Waals surface area contributed by atoms with Crippen LogP contribution >= 0.6 is 0 Å². The maximum Gasteiger partial charge on any atom is 0.335 e. The number of hydrogen-bond donors (Lipinski definition) is 14. The van der Waals surface area contributed by atoms with Gasteiger partial charge >= 0.3 is 17.9 Å². The quantitative estimate of drug-likeness (QED) is 0.0508. The minimum absolute atomic E-state index is 0.645. The molecule has 4 heterocycles. The highest BCUT2D eigenvalue weighted by atomic mass is 16.8. The molecule has 0 bridgehead atoms. The summed E-state index contributed by atoms with van der Waals surface area (Å²) in [6.45, 7) is 3.78. The van der Waals surface area contributed by atoms with Gasteiger partial charge in [0.25, 0.3) is 0 Å². The number of rotatable bonds is 21. The van der Waals surface area contributed by atoms with E-state index in [1.165, 1.54) is 0 Å².